The third-order valence-electron chi connectivity index (χ3n) is 5.62. The third kappa shape index (κ3) is 3.50. The molecule has 1 aliphatic carbocycles. The molecule has 0 aromatic rings. The number of nitrogens with two attached hydrogens (primary N) is 1. The van der Waals surface area contributed by atoms with Gasteiger partial charge in [0.1, 0.15) is 0 Å². The van der Waals surface area contributed by atoms with E-state index in [1.165, 1.54) is 64.5 Å². The topological polar surface area (TPSA) is 32.5 Å². The second kappa shape index (κ2) is 7.05. The Hall–Kier alpha value is -0.120. The van der Waals surface area contributed by atoms with E-state index in [0.29, 0.717) is 5.54 Å². The predicted octanol–water partition coefficient (Wildman–Crippen LogP) is 2.45. The van der Waals surface area contributed by atoms with Gasteiger partial charge in [0.15, 0.2) is 0 Å². The monoisotopic (exact) mass is 267 g/mol. The summed E-state index contributed by atoms with van der Waals surface area (Å²) in [5.41, 5.74) is 6.46. The average Bonchev–Trinajstić information content (AvgIpc) is 2.91. The van der Waals surface area contributed by atoms with Crippen LogP contribution in [0.1, 0.15) is 58.3 Å². The molecule has 3 heteroatoms. The third-order valence-corrected chi connectivity index (χ3v) is 5.62. The van der Waals surface area contributed by atoms with Gasteiger partial charge in [-0.3, -0.25) is 4.90 Å². The average molecular weight is 267 g/mol. The number of likely N-dealkylation sites (tertiary alicyclic amines) is 1. The summed E-state index contributed by atoms with van der Waals surface area (Å²) < 4.78 is 0. The first kappa shape index (κ1) is 15.3. The van der Waals surface area contributed by atoms with Crippen LogP contribution in [0.25, 0.3) is 0 Å². The van der Waals surface area contributed by atoms with Gasteiger partial charge in [-0.15, -0.1) is 0 Å². The van der Waals surface area contributed by atoms with Crippen molar-refractivity contribution in [2.24, 2.45) is 5.73 Å². The molecule has 1 saturated carbocycles. The van der Waals surface area contributed by atoms with Crippen molar-refractivity contribution in [2.75, 3.05) is 33.2 Å². The summed E-state index contributed by atoms with van der Waals surface area (Å²) in [5.74, 6) is 0. The fourth-order valence-corrected chi connectivity index (χ4v) is 4.23. The van der Waals surface area contributed by atoms with Crippen molar-refractivity contribution >= 4 is 0 Å². The maximum Gasteiger partial charge on any atom is 0.0331 e. The van der Waals surface area contributed by atoms with E-state index in [4.69, 9.17) is 5.73 Å². The Morgan fingerprint density at radius 3 is 2.53 bits per heavy atom. The normalized spacial score (nSPS) is 28.1. The molecule has 1 heterocycles. The van der Waals surface area contributed by atoms with E-state index in [2.05, 4.69) is 23.8 Å². The molecule has 2 N–H and O–H groups in total. The Kier molecular flexibility index (Phi) is 5.67. The highest BCUT2D eigenvalue weighted by Gasteiger charge is 2.37. The molecule has 0 amide bonds. The molecular weight excluding hydrogens is 234 g/mol. The van der Waals surface area contributed by atoms with Gasteiger partial charge in [-0.05, 0) is 52.2 Å². The fraction of sp³-hybridized carbons (Fsp3) is 1.00. The predicted molar refractivity (Wildman–Crippen MR) is 82.4 cm³/mol. The summed E-state index contributed by atoms with van der Waals surface area (Å²) in [7, 11) is 2.30. The summed E-state index contributed by atoms with van der Waals surface area (Å²) in [5, 5.41) is 0. The van der Waals surface area contributed by atoms with E-state index in [-0.39, 0.29) is 0 Å². The molecule has 0 aromatic heterocycles. The van der Waals surface area contributed by atoms with Gasteiger partial charge in [-0.2, -0.15) is 0 Å². The first-order chi connectivity index (χ1) is 9.22. The quantitative estimate of drug-likeness (QED) is 0.802. The van der Waals surface area contributed by atoms with Gasteiger partial charge in [-0.25, -0.2) is 0 Å². The smallest absolute Gasteiger partial charge is 0.0331 e. The maximum atomic E-state index is 6.13. The summed E-state index contributed by atoms with van der Waals surface area (Å²) in [4.78, 5) is 5.27. The van der Waals surface area contributed by atoms with E-state index in [0.717, 1.165) is 19.1 Å². The van der Waals surface area contributed by atoms with Crippen LogP contribution in [0.15, 0.2) is 0 Å². The zero-order valence-electron chi connectivity index (χ0n) is 13.0. The Labute approximate surface area is 119 Å². The summed E-state index contributed by atoms with van der Waals surface area (Å²) in [6.45, 7) is 6.84. The molecule has 0 radical (unpaired) electrons. The van der Waals surface area contributed by atoms with Crippen LogP contribution in [0.4, 0.5) is 0 Å². The largest absolute Gasteiger partial charge is 0.329 e. The molecule has 1 aliphatic heterocycles. The lowest BCUT2D eigenvalue weighted by atomic mass is 9.93. The van der Waals surface area contributed by atoms with Crippen molar-refractivity contribution in [3.05, 3.63) is 0 Å². The Balaban J connectivity index is 1.88. The highest BCUT2D eigenvalue weighted by molar-refractivity contribution is 4.96. The van der Waals surface area contributed by atoms with Gasteiger partial charge in [0.25, 0.3) is 0 Å². The fourth-order valence-electron chi connectivity index (χ4n) is 4.23. The molecule has 3 nitrogen and oxygen atoms in total. The van der Waals surface area contributed by atoms with Crippen molar-refractivity contribution in [3.63, 3.8) is 0 Å². The van der Waals surface area contributed by atoms with Crippen LogP contribution in [0.5, 0.6) is 0 Å². The molecule has 2 rings (SSSR count). The van der Waals surface area contributed by atoms with Gasteiger partial charge >= 0.3 is 0 Å². The molecule has 1 atom stereocenters. The number of rotatable bonds is 6. The van der Waals surface area contributed by atoms with Crippen LogP contribution in [-0.2, 0) is 0 Å². The van der Waals surface area contributed by atoms with E-state index in [1.807, 2.05) is 0 Å². The number of hydrogen-bond acceptors (Lipinski definition) is 3. The van der Waals surface area contributed by atoms with Crippen molar-refractivity contribution in [3.8, 4) is 0 Å². The number of piperidine rings is 1. The van der Waals surface area contributed by atoms with E-state index in [9.17, 15) is 0 Å². The van der Waals surface area contributed by atoms with Crippen LogP contribution in [0, 0.1) is 0 Å². The van der Waals surface area contributed by atoms with Crippen molar-refractivity contribution in [1.29, 1.82) is 0 Å². The first-order valence-electron chi connectivity index (χ1n) is 8.37. The number of hydrogen-bond donors (Lipinski definition) is 1. The molecule has 0 bridgehead atoms. The lowest BCUT2D eigenvalue weighted by molar-refractivity contribution is 0.0830. The minimum absolute atomic E-state index is 0.335. The molecule has 0 spiro atoms. The molecule has 1 saturated heterocycles. The summed E-state index contributed by atoms with van der Waals surface area (Å²) in [6.07, 6.45) is 10.9. The second-order valence-electron chi connectivity index (χ2n) is 6.63. The minimum atomic E-state index is 0.335. The van der Waals surface area contributed by atoms with Gasteiger partial charge in [0, 0.05) is 24.7 Å². The standard InChI is InChI=1S/C16H33N3/c1-3-19(16(14-17)10-5-6-11-16)13-9-15-8-4-7-12-18(15)2/h15H,3-14,17H2,1-2H3. The zero-order valence-corrected chi connectivity index (χ0v) is 13.0. The molecular formula is C16H33N3. The van der Waals surface area contributed by atoms with Crippen LogP contribution >= 0.6 is 0 Å². The van der Waals surface area contributed by atoms with E-state index < -0.39 is 0 Å². The van der Waals surface area contributed by atoms with Gasteiger partial charge in [0.05, 0.1) is 0 Å². The summed E-state index contributed by atoms with van der Waals surface area (Å²) in [6, 6.07) is 0.805. The molecule has 112 valence electrons. The number of likely N-dealkylation sites (N-methyl/N-ethyl adjacent to an activating group) is 1. The summed E-state index contributed by atoms with van der Waals surface area (Å²) >= 11 is 0. The first-order valence-corrected chi connectivity index (χ1v) is 8.37. The number of nitrogens with zero attached hydrogens (tertiary/aromatic N) is 2. The lowest BCUT2D eigenvalue weighted by Gasteiger charge is -2.42. The van der Waals surface area contributed by atoms with Gasteiger partial charge < -0.3 is 10.6 Å². The highest BCUT2D eigenvalue weighted by Crippen LogP contribution is 2.34. The minimum Gasteiger partial charge on any atom is -0.329 e. The molecule has 2 aliphatic rings. The van der Waals surface area contributed by atoms with Crippen LogP contribution < -0.4 is 5.73 Å². The van der Waals surface area contributed by atoms with Crippen molar-refractivity contribution in [2.45, 2.75) is 69.9 Å². The Morgan fingerprint density at radius 2 is 1.95 bits per heavy atom. The van der Waals surface area contributed by atoms with Gasteiger partial charge in [-0.1, -0.05) is 26.2 Å². The zero-order chi connectivity index (χ0) is 13.7. The van der Waals surface area contributed by atoms with Crippen LogP contribution in [-0.4, -0.2) is 54.6 Å². The lowest BCUT2D eigenvalue weighted by Crippen LogP contribution is -2.53. The Morgan fingerprint density at radius 1 is 1.21 bits per heavy atom. The van der Waals surface area contributed by atoms with Gasteiger partial charge in [0.2, 0.25) is 0 Å². The molecule has 2 fully saturated rings. The Bertz CT molecular complexity index is 261. The highest BCUT2D eigenvalue weighted by atomic mass is 15.2. The van der Waals surface area contributed by atoms with Crippen LogP contribution in [0.3, 0.4) is 0 Å². The molecule has 19 heavy (non-hydrogen) atoms. The van der Waals surface area contributed by atoms with Crippen molar-refractivity contribution in [1.82, 2.24) is 9.80 Å². The maximum absolute atomic E-state index is 6.13. The SMILES string of the molecule is CCN(CCC1CCCCN1C)C1(CN)CCCC1. The van der Waals surface area contributed by atoms with E-state index >= 15 is 0 Å². The second-order valence-corrected chi connectivity index (χ2v) is 6.63. The molecule has 1 unspecified atom stereocenters. The van der Waals surface area contributed by atoms with Crippen LogP contribution in [0.2, 0.25) is 0 Å². The molecule has 0 aromatic carbocycles. The van der Waals surface area contributed by atoms with E-state index in [1.54, 1.807) is 0 Å². The van der Waals surface area contributed by atoms with Crippen molar-refractivity contribution < 1.29 is 0 Å².